The van der Waals surface area contributed by atoms with Gasteiger partial charge in [0.05, 0.1) is 6.04 Å². The first-order valence-electron chi connectivity index (χ1n) is 6.42. The number of hydrogen-bond acceptors (Lipinski definition) is 2. The second kappa shape index (κ2) is 7.39. The number of piperazine rings is 1. The maximum Gasteiger partial charge on any atom is 0.219 e. The highest BCUT2D eigenvalue weighted by Gasteiger charge is 2.23. The third-order valence-corrected chi connectivity index (χ3v) is 3.25. The lowest BCUT2D eigenvalue weighted by molar-refractivity contribution is -0.130. The van der Waals surface area contributed by atoms with Crippen LogP contribution >= 0.6 is 11.6 Å². The van der Waals surface area contributed by atoms with Crippen molar-refractivity contribution in [2.45, 2.75) is 26.8 Å². The van der Waals surface area contributed by atoms with Crippen molar-refractivity contribution in [1.82, 2.24) is 10.2 Å². The van der Waals surface area contributed by atoms with Gasteiger partial charge in [0.25, 0.3) is 0 Å². The molecule has 18 heavy (non-hydrogen) atoms. The number of amides is 1. The monoisotopic (exact) mass is 268 g/mol. The van der Waals surface area contributed by atoms with E-state index < -0.39 is 0 Å². The van der Waals surface area contributed by atoms with Gasteiger partial charge in [-0.3, -0.25) is 4.79 Å². The van der Waals surface area contributed by atoms with Gasteiger partial charge in [0, 0.05) is 31.6 Å². The summed E-state index contributed by atoms with van der Waals surface area (Å²) in [4.78, 5) is 13.2. The average molecular weight is 269 g/mol. The minimum absolute atomic E-state index is 0.124. The Hall–Kier alpha value is -1.06. The summed E-state index contributed by atoms with van der Waals surface area (Å²) >= 11 is 6.14. The lowest BCUT2D eigenvalue weighted by Crippen LogP contribution is -2.47. The zero-order valence-corrected chi connectivity index (χ0v) is 12.0. The number of halogens is 1. The average Bonchev–Trinajstić information content (AvgIpc) is 2.42. The zero-order chi connectivity index (χ0) is 13.5. The van der Waals surface area contributed by atoms with E-state index in [1.807, 2.05) is 43.0 Å². The molecule has 0 bridgehead atoms. The summed E-state index contributed by atoms with van der Waals surface area (Å²) in [6.07, 6.45) is 0. The Bertz CT molecular complexity index is 395. The number of rotatable bonds is 1. The van der Waals surface area contributed by atoms with E-state index in [9.17, 15) is 4.79 Å². The second-order valence-corrected chi connectivity index (χ2v) is 4.40. The molecule has 1 atom stereocenters. The van der Waals surface area contributed by atoms with Crippen LogP contribution in [0.1, 0.15) is 32.4 Å². The van der Waals surface area contributed by atoms with Gasteiger partial charge in [-0.2, -0.15) is 0 Å². The van der Waals surface area contributed by atoms with Crippen molar-refractivity contribution < 1.29 is 4.79 Å². The molecule has 1 fully saturated rings. The number of carbonyl (C=O) groups is 1. The fraction of sp³-hybridized carbons (Fsp3) is 0.500. The van der Waals surface area contributed by atoms with Crippen LogP contribution in [0.25, 0.3) is 0 Å². The van der Waals surface area contributed by atoms with E-state index in [4.69, 9.17) is 11.6 Å². The third kappa shape index (κ3) is 3.72. The first-order chi connectivity index (χ1) is 8.68. The SMILES string of the molecule is CC.CC(=O)N1CCNC(c2ccccc2Cl)C1. The Balaban J connectivity index is 0.000000771. The van der Waals surface area contributed by atoms with Gasteiger partial charge in [-0.1, -0.05) is 43.6 Å². The molecule has 100 valence electrons. The van der Waals surface area contributed by atoms with Crippen LogP contribution in [0.2, 0.25) is 5.02 Å². The number of nitrogens with zero attached hydrogens (tertiary/aromatic N) is 1. The first-order valence-corrected chi connectivity index (χ1v) is 6.79. The smallest absolute Gasteiger partial charge is 0.219 e. The van der Waals surface area contributed by atoms with Gasteiger partial charge in [-0.15, -0.1) is 0 Å². The van der Waals surface area contributed by atoms with Gasteiger partial charge >= 0.3 is 0 Å². The Morgan fingerprint density at radius 2 is 2.06 bits per heavy atom. The maximum atomic E-state index is 11.3. The summed E-state index contributed by atoms with van der Waals surface area (Å²) in [5, 5.41) is 4.14. The molecule has 0 radical (unpaired) electrons. The summed E-state index contributed by atoms with van der Waals surface area (Å²) < 4.78 is 0. The highest BCUT2D eigenvalue weighted by molar-refractivity contribution is 6.31. The van der Waals surface area contributed by atoms with Gasteiger partial charge in [0.2, 0.25) is 5.91 Å². The second-order valence-electron chi connectivity index (χ2n) is 3.99. The molecule has 1 aromatic carbocycles. The van der Waals surface area contributed by atoms with Crippen LogP contribution in [-0.2, 0) is 4.79 Å². The molecule has 0 saturated carbocycles. The molecular formula is C14H21ClN2O. The Labute approximate surface area is 114 Å². The molecule has 0 aliphatic carbocycles. The van der Waals surface area contributed by atoms with Gasteiger partial charge in [-0.25, -0.2) is 0 Å². The van der Waals surface area contributed by atoms with Crippen LogP contribution in [0.3, 0.4) is 0 Å². The fourth-order valence-electron chi connectivity index (χ4n) is 2.00. The number of hydrogen-bond donors (Lipinski definition) is 1. The molecule has 0 spiro atoms. The summed E-state index contributed by atoms with van der Waals surface area (Å²) in [6.45, 7) is 7.89. The van der Waals surface area contributed by atoms with E-state index in [0.717, 1.165) is 23.7 Å². The highest BCUT2D eigenvalue weighted by Crippen LogP contribution is 2.24. The van der Waals surface area contributed by atoms with Crippen molar-refractivity contribution in [2.24, 2.45) is 0 Å². The Morgan fingerprint density at radius 1 is 1.39 bits per heavy atom. The molecule has 3 nitrogen and oxygen atoms in total. The standard InChI is InChI=1S/C12H15ClN2O.C2H6/c1-9(16)15-7-6-14-12(8-15)10-4-2-3-5-11(10)13;1-2/h2-5,12,14H,6-8H2,1H3;1-2H3. The van der Waals surface area contributed by atoms with Crippen molar-refractivity contribution in [3.05, 3.63) is 34.9 Å². The fourth-order valence-corrected chi connectivity index (χ4v) is 2.27. The topological polar surface area (TPSA) is 32.3 Å². The predicted octanol–water partition coefficient (Wildman–Crippen LogP) is 2.86. The number of carbonyl (C=O) groups excluding carboxylic acids is 1. The molecule has 0 aromatic heterocycles. The van der Waals surface area contributed by atoms with Gasteiger partial charge in [0.1, 0.15) is 0 Å². The number of benzene rings is 1. The molecule has 1 aliphatic heterocycles. The molecule has 2 rings (SSSR count). The van der Waals surface area contributed by atoms with Crippen LogP contribution in [0.15, 0.2) is 24.3 Å². The lowest BCUT2D eigenvalue weighted by atomic mass is 10.0. The van der Waals surface area contributed by atoms with Crippen LogP contribution < -0.4 is 5.32 Å². The molecule has 1 amide bonds. The van der Waals surface area contributed by atoms with Gasteiger partial charge in [0.15, 0.2) is 0 Å². The molecule has 4 heteroatoms. The van der Waals surface area contributed by atoms with Crippen molar-refractivity contribution in [3.63, 3.8) is 0 Å². The van der Waals surface area contributed by atoms with E-state index in [0.29, 0.717) is 6.54 Å². The molecule has 1 unspecified atom stereocenters. The molecule has 1 saturated heterocycles. The summed E-state index contributed by atoms with van der Waals surface area (Å²) in [5.74, 6) is 0.124. The number of nitrogens with one attached hydrogen (secondary N) is 1. The third-order valence-electron chi connectivity index (χ3n) is 2.90. The van der Waals surface area contributed by atoms with E-state index in [1.54, 1.807) is 6.92 Å². The Morgan fingerprint density at radius 3 is 2.67 bits per heavy atom. The Kier molecular flexibility index (Phi) is 6.16. The molecular weight excluding hydrogens is 248 g/mol. The van der Waals surface area contributed by atoms with E-state index in [-0.39, 0.29) is 11.9 Å². The van der Waals surface area contributed by atoms with Crippen LogP contribution in [-0.4, -0.2) is 30.4 Å². The summed E-state index contributed by atoms with van der Waals surface area (Å²) in [5.41, 5.74) is 1.06. The quantitative estimate of drug-likeness (QED) is 0.849. The van der Waals surface area contributed by atoms with Crippen molar-refractivity contribution in [2.75, 3.05) is 19.6 Å². The summed E-state index contributed by atoms with van der Waals surface area (Å²) in [7, 11) is 0. The van der Waals surface area contributed by atoms with Crippen molar-refractivity contribution in [3.8, 4) is 0 Å². The molecule has 1 N–H and O–H groups in total. The van der Waals surface area contributed by atoms with E-state index >= 15 is 0 Å². The minimum Gasteiger partial charge on any atom is -0.340 e. The van der Waals surface area contributed by atoms with Crippen LogP contribution in [0, 0.1) is 0 Å². The van der Waals surface area contributed by atoms with Crippen LogP contribution in [0.5, 0.6) is 0 Å². The molecule has 1 heterocycles. The largest absolute Gasteiger partial charge is 0.340 e. The van der Waals surface area contributed by atoms with Crippen molar-refractivity contribution in [1.29, 1.82) is 0 Å². The van der Waals surface area contributed by atoms with E-state index in [1.165, 1.54) is 0 Å². The van der Waals surface area contributed by atoms with Gasteiger partial charge < -0.3 is 10.2 Å². The highest BCUT2D eigenvalue weighted by atomic mass is 35.5. The van der Waals surface area contributed by atoms with E-state index in [2.05, 4.69) is 5.32 Å². The first kappa shape index (κ1) is 15.0. The summed E-state index contributed by atoms with van der Waals surface area (Å²) in [6, 6.07) is 7.91. The molecule has 1 aliphatic rings. The predicted molar refractivity (Wildman–Crippen MR) is 75.8 cm³/mol. The van der Waals surface area contributed by atoms with Crippen molar-refractivity contribution >= 4 is 17.5 Å². The maximum absolute atomic E-state index is 11.3. The minimum atomic E-state index is 0.124. The van der Waals surface area contributed by atoms with Gasteiger partial charge in [-0.05, 0) is 11.6 Å². The normalized spacial score (nSPS) is 18.9. The molecule has 1 aromatic rings. The lowest BCUT2D eigenvalue weighted by Gasteiger charge is -2.33. The zero-order valence-electron chi connectivity index (χ0n) is 11.2. The van der Waals surface area contributed by atoms with Crippen LogP contribution in [0.4, 0.5) is 0 Å².